The van der Waals surface area contributed by atoms with E-state index in [1.807, 2.05) is 4.90 Å². The zero-order valence-corrected chi connectivity index (χ0v) is 12.5. The van der Waals surface area contributed by atoms with Gasteiger partial charge in [-0.3, -0.25) is 19.3 Å². The van der Waals surface area contributed by atoms with Gasteiger partial charge < -0.3 is 10.4 Å². The summed E-state index contributed by atoms with van der Waals surface area (Å²) >= 11 is 0. The molecule has 6 heteroatoms. The largest absolute Gasteiger partial charge is 0.480 e. The van der Waals surface area contributed by atoms with E-state index in [0.29, 0.717) is 24.2 Å². The maximum Gasteiger partial charge on any atom is 0.320 e. The van der Waals surface area contributed by atoms with E-state index < -0.39 is 12.0 Å². The van der Waals surface area contributed by atoms with Crippen molar-refractivity contribution in [2.45, 2.75) is 32.2 Å². The van der Waals surface area contributed by atoms with Crippen LogP contribution >= 0.6 is 0 Å². The molecular weight excluding hydrogens is 284 g/mol. The predicted octanol–water partition coefficient (Wildman–Crippen LogP) is 1.77. The molecule has 0 aliphatic carbocycles. The fourth-order valence-electron chi connectivity index (χ4n) is 2.63. The van der Waals surface area contributed by atoms with Crippen molar-refractivity contribution in [3.05, 3.63) is 29.8 Å². The van der Waals surface area contributed by atoms with E-state index >= 15 is 0 Å². The zero-order valence-electron chi connectivity index (χ0n) is 12.5. The molecule has 0 spiro atoms. The Bertz CT molecular complexity index is 568. The fraction of sp³-hybridized carbons (Fsp3) is 0.438. The van der Waals surface area contributed by atoms with Crippen molar-refractivity contribution < 1.29 is 19.5 Å². The van der Waals surface area contributed by atoms with Gasteiger partial charge in [-0.25, -0.2) is 0 Å². The second-order valence-electron chi connectivity index (χ2n) is 5.46. The third-order valence-electron chi connectivity index (χ3n) is 3.85. The lowest BCUT2D eigenvalue weighted by atomic mass is 10.1. The zero-order chi connectivity index (χ0) is 16.1. The molecule has 1 aromatic carbocycles. The summed E-state index contributed by atoms with van der Waals surface area (Å²) < 4.78 is 0. The highest BCUT2D eigenvalue weighted by atomic mass is 16.4. The Labute approximate surface area is 129 Å². The monoisotopic (exact) mass is 304 g/mol. The van der Waals surface area contributed by atoms with Gasteiger partial charge in [-0.05, 0) is 50.6 Å². The van der Waals surface area contributed by atoms with Gasteiger partial charge in [0.15, 0.2) is 5.78 Å². The molecule has 2 rings (SSSR count). The van der Waals surface area contributed by atoms with Crippen LogP contribution in [0.3, 0.4) is 0 Å². The van der Waals surface area contributed by atoms with Gasteiger partial charge in [0.05, 0.1) is 0 Å². The topological polar surface area (TPSA) is 86.7 Å². The molecule has 1 fully saturated rings. The Morgan fingerprint density at radius 2 is 1.95 bits per heavy atom. The molecule has 6 nitrogen and oxygen atoms in total. The molecule has 0 radical (unpaired) electrons. The number of anilines is 1. The Balaban J connectivity index is 1.83. The van der Waals surface area contributed by atoms with E-state index in [4.69, 9.17) is 5.11 Å². The number of amides is 1. The minimum absolute atomic E-state index is 0.0216. The molecular formula is C16H20N2O4. The molecule has 2 N–H and O–H groups in total. The number of ketones is 1. The van der Waals surface area contributed by atoms with E-state index in [0.717, 1.165) is 13.0 Å². The van der Waals surface area contributed by atoms with Gasteiger partial charge in [-0.1, -0.05) is 0 Å². The van der Waals surface area contributed by atoms with Crippen LogP contribution in [0.15, 0.2) is 24.3 Å². The van der Waals surface area contributed by atoms with Gasteiger partial charge in [0.1, 0.15) is 6.04 Å². The lowest BCUT2D eigenvalue weighted by molar-refractivity contribution is -0.142. The van der Waals surface area contributed by atoms with Gasteiger partial charge in [-0.2, -0.15) is 0 Å². The summed E-state index contributed by atoms with van der Waals surface area (Å²) in [7, 11) is 0. The average molecular weight is 304 g/mol. The molecule has 1 saturated heterocycles. The molecule has 22 heavy (non-hydrogen) atoms. The molecule has 1 aliphatic rings. The number of nitrogens with zero attached hydrogens (tertiary/aromatic N) is 1. The number of hydrogen-bond acceptors (Lipinski definition) is 4. The summed E-state index contributed by atoms with van der Waals surface area (Å²) in [6, 6.07) is 6.23. The number of carbonyl (C=O) groups is 3. The highest BCUT2D eigenvalue weighted by Gasteiger charge is 2.30. The van der Waals surface area contributed by atoms with Crippen molar-refractivity contribution in [2.24, 2.45) is 0 Å². The van der Waals surface area contributed by atoms with Crippen LogP contribution in [0.2, 0.25) is 0 Å². The number of hydrogen-bond donors (Lipinski definition) is 2. The van der Waals surface area contributed by atoms with Gasteiger partial charge in [0.2, 0.25) is 5.91 Å². The van der Waals surface area contributed by atoms with Crippen molar-refractivity contribution in [1.29, 1.82) is 0 Å². The van der Waals surface area contributed by atoms with Crippen LogP contribution in [0.5, 0.6) is 0 Å². The summed E-state index contributed by atoms with van der Waals surface area (Å²) in [5.41, 5.74) is 1.23. The summed E-state index contributed by atoms with van der Waals surface area (Å²) in [5, 5.41) is 11.8. The number of carboxylic acid groups (broad SMARTS) is 1. The maximum atomic E-state index is 11.9. The first kappa shape index (κ1) is 16.2. The van der Waals surface area contributed by atoms with E-state index in [9.17, 15) is 14.4 Å². The molecule has 1 unspecified atom stereocenters. The predicted molar refractivity (Wildman–Crippen MR) is 81.9 cm³/mol. The Kier molecular flexibility index (Phi) is 5.27. The average Bonchev–Trinajstić information content (AvgIpc) is 2.94. The molecule has 0 aromatic heterocycles. The fourth-order valence-corrected chi connectivity index (χ4v) is 2.63. The smallest absolute Gasteiger partial charge is 0.320 e. The minimum Gasteiger partial charge on any atom is -0.480 e. The number of carboxylic acids is 1. The molecule has 118 valence electrons. The number of benzene rings is 1. The second kappa shape index (κ2) is 7.17. The van der Waals surface area contributed by atoms with Gasteiger partial charge in [0.25, 0.3) is 0 Å². The molecule has 0 saturated carbocycles. The van der Waals surface area contributed by atoms with Crippen LogP contribution in [0, 0.1) is 0 Å². The number of carbonyl (C=O) groups excluding carboxylic acids is 2. The number of Topliss-reactive ketones (excluding diaryl/α,β-unsaturated/α-hetero) is 1. The lowest BCUT2D eigenvalue weighted by Gasteiger charge is -2.20. The highest BCUT2D eigenvalue weighted by Crippen LogP contribution is 2.17. The summed E-state index contributed by atoms with van der Waals surface area (Å²) in [6.45, 7) is 2.65. The molecule has 1 aliphatic heterocycles. The highest BCUT2D eigenvalue weighted by molar-refractivity contribution is 5.95. The summed E-state index contributed by atoms with van der Waals surface area (Å²) in [4.78, 5) is 36.0. The first-order valence-electron chi connectivity index (χ1n) is 7.35. The van der Waals surface area contributed by atoms with Crippen LogP contribution in [0.4, 0.5) is 5.69 Å². The van der Waals surface area contributed by atoms with Crippen LogP contribution in [-0.4, -0.2) is 46.8 Å². The van der Waals surface area contributed by atoms with E-state index in [2.05, 4.69) is 5.32 Å². The number of rotatable bonds is 6. The number of likely N-dealkylation sites (tertiary alicyclic amines) is 1. The van der Waals surface area contributed by atoms with Gasteiger partial charge in [0, 0.05) is 24.2 Å². The van der Waals surface area contributed by atoms with Crippen molar-refractivity contribution in [2.75, 3.05) is 18.4 Å². The Morgan fingerprint density at radius 3 is 2.55 bits per heavy atom. The van der Waals surface area contributed by atoms with Crippen LogP contribution < -0.4 is 5.32 Å². The standard InChI is InChI=1S/C16H20N2O4/c1-11(19)12-4-6-13(7-5-12)17-15(20)8-10-18-9-2-3-14(18)16(21)22/h4-7,14H,2-3,8-10H2,1H3,(H,17,20)(H,21,22). The SMILES string of the molecule is CC(=O)c1ccc(NC(=O)CCN2CCCC2C(=O)O)cc1. The minimum atomic E-state index is -0.822. The second-order valence-corrected chi connectivity index (χ2v) is 5.46. The van der Waals surface area contributed by atoms with Gasteiger partial charge >= 0.3 is 5.97 Å². The van der Waals surface area contributed by atoms with Crippen molar-refractivity contribution in [3.8, 4) is 0 Å². The molecule has 1 atom stereocenters. The Morgan fingerprint density at radius 1 is 1.27 bits per heavy atom. The van der Waals surface area contributed by atoms with Crippen molar-refractivity contribution >= 4 is 23.3 Å². The summed E-state index contributed by atoms with van der Waals surface area (Å²) in [6.07, 6.45) is 1.74. The molecule has 1 aromatic rings. The van der Waals surface area contributed by atoms with Crippen LogP contribution in [-0.2, 0) is 9.59 Å². The van der Waals surface area contributed by atoms with Crippen LogP contribution in [0.1, 0.15) is 36.5 Å². The van der Waals surface area contributed by atoms with Crippen molar-refractivity contribution in [1.82, 2.24) is 4.90 Å². The third kappa shape index (κ3) is 4.14. The maximum absolute atomic E-state index is 11.9. The van der Waals surface area contributed by atoms with E-state index in [1.54, 1.807) is 24.3 Å². The van der Waals surface area contributed by atoms with E-state index in [-0.39, 0.29) is 18.1 Å². The molecule has 1 amide bonds. The third-order valence-corrected chi connectivity index (χ3v) is 3.85. The quantitative estimate of drug-likeness (QED) is 0.782. The Hall–Kier alpha value is -2.21. The summed E-state index contributed by atoms with van der Waals surface area (Å²) in [5.74, 6) is -1.00. The molecule has 0 bridgehead atoms. The van der Waals surface area contributed by atoms with E-state index in [1.165, 1.54) is 6.92 Å². The van der Waals surface area contributed by atoms with Crippen LogP contribution in [0.25, 0.3) is 0 Å². The molecule has 1 heterocycles. The van der Waals surface area contributed by atoms with Gasteiger partial charge in [-0.15, -0.1) is 0 Å². The van der Waals surface area contributed by atoms with Crippen molar-refractivity contribution in [3.63, 3.8) is 0 Å². The lowest BCUT2D eigenvalue weighted by Crippen LogP contribution is -2.37. The first-order chi connectivity index (χ1) is 10.5. The number of aliphatic carboxylic acids is 1. The first-order valence-corrected chi connectivity index (χ1v) is 7.35. The number of nitrogens with one attached hydrogen (secondary N) is 1. The normalized spacial score (nSPS) is 18.1.